The molecule has 0 N–H and O–H groups in total. The van der Waals surface area contributed by atoms with Crippen molar-refractivity contribution < 1.29 is 13.2 Å². The Morgan fingerprint density at radius 2 is 1.85 bits per heavy atom. The summed E-state index contributed by atoms with van der Waals surface area (Å²) in [6, 6.07) is 9.96. The molecule has 0 spiro atoms. The van der Waals surface area contributed by atoms with E-state index in [0.29, 0.717) is 13.0 Å². The number of anilines is 1. The summed E-state index contributed by atoms with van der Waals surface area (Å²) in [5.41, 5.74) is 1.22. The topological polar surface area (TPSA) is 60.9 Å². The Morgan fingerprint density at radius 3 is 2.38 bits per heavy atom. The summed E-state index contributed by atoms with van der Waals surface area (Å²) in [6.45, 7) is 7.91. The number of piperazine rings is 1. The van der Waals surface area contributed by atoms with Crippen LogP contribution in [0.1, 0.15) is 20.3 Å². The van der Waals surface area contributed by atoms with Gasteiger partial charge in [-0.15, -0.1) is 0 Å². The highest BCUT2D eigenvalue weighted by Crippen LogP contribution is 2.21. The van der Waals surface area contributed by atoms with E-state index in [1.165, 1.54) is 5.69 Å². The summed E-state index contributed by atoms with van der Waals surface area (Å²) in [4.78, 5) is 19.3. The van der Waals surface area contributed by atoms with Gasteiger partial charge in [0.15, 0.2) is 9.84 Å². The van der Waals surface area contributed by atoms with E-state index in [1.807, 2.05) is 32.0 Å². The third-order valence-electron chi connectivity index (χ3n) is 5.61. The van der Waals surface area contributed by atoms with Crippen LogP contribution in [0.15, 0.2) is 30.3 Å². The molecule has 2 heterocycles. The molecule has 2 atom stereocenters. The van der Waals surface area contributed by atoms with Crippen molar-refractivity contribution in [2.24, 2.45) is 0 Å². The first-order valence-corrected chi connectivity index (χ1v) is 11.3. The minimum Gasteiger partial charge on any atom is -0.369 e. The molecule has 0 radical (unpaired) electrons. The molecule has 1 aromatic rings. The first kappa shape index (κ1) is 19.2. The molecular weight excluding hydrogens is 350 g/mol. The average Bonchev–Trinajstić information content (AvgIpc) is 3.02. The molecule has 0 aliphatic carbocycles. The summed E-state index contributed by atoms with van der Waals surface area (Å²) in [5.74, 6) is 0.370. The molecule has 6 nitrogen and oxygen atoms in total. The predicted molar refractivity (Wildman–Crippen MR) is 104 cm³/mol. The molecule has 1 aromatic carbocycles. The largest absolute Gasteiger partial charge is 0.369 e. The van der Waals surface area contributed by atoms with Crippen LogP contribution in [-0.4, -0.2) is 80.4 Å². The zero-order valence-electron chi connectivity index (χ0n) is 15.7. The van der Waals surface area contributed by atoms with Gasteiger partial charge in [-0.05, 0) is 32.4 Å². The fourth-order valence-corrected chi connectivity index (χ4v) is 5.75. The zero-order chi connectivity index (χ0) is 18.7. The van der Waals surface area contributed by atoms with Crippen LogP contribution in [0.3, 0.4) is 0 Å². The number of carbonyl (C=O) groups excluding carboxylic acids is 1. The number of carbonyl (C=O) groups is 1. The SMILES string of the molecule is CCN(C(=O)C(C)N1CCN(c2ccccc2)CC1)C1CCS(=O)(=O)C1. The molecule has 2 saturated heterocycles. The van der Waals surface area contributed by atoms with Gasteiger partial charge in [0.05, 0.1) is 17.5 Å². The van der Waals surface area contributed by atoms with Crippen LogP contribution in [0.4, 0.5) is 5.69 Å². The first-order valence-electron chi connectivity index (χ1n) is 9.46. The molecule has 1 amide bonds. The minimum atomic E-state index is -2.99. The second kappa shape index (κ2) is 7.96. The second-order valence-corrected chi connectivity index (χ2v) is 9.44. The Hall–Kier alpha value is -1.60. The lowest BCUT2D eigenvalue weighted by atomic mass is 10.1. The average molecular weight is 380 g/mol. The number of nitrogens with zero attached hydrogens (tertiary/aromatic N) is 3. The smallest absolute Gasteiger partial charge is 0.239 e. The van der Waals surface area contributed by atoms with E-state index >= 15 is 0 Å². The standard InChI is InChI=1S/C19H29N3O3S/c1-3-22(18-9-14-26(24,25)15-18)19(23)16(2)20-10-12-21(13-11-20)17-7-5-4-6-8-17/h4-8,16,18H,3,9-15H2,1-2H3. The molecule has 2 fully saturated rings. The lowest BCUT2D eigenvalue weighted by Crippen LogP contribution is -2.56. The minimum absolute atomic E-state index is 0.0581. The normalized spacial score (nSPS) is 24.4. The number of benzene rings is 1. The predicted octanol–water partition coefficient (Wildman–Crippen LogP) is 1.23. The van der Waals surface area contributed by atoms with Gasteiger partial charge in [0.25, 0.3) is 0 Å². The van der Waals surface area contributed by atoms with Crippen molar-refractivity contribution in [3.63, 3.8) is 0 Å². The summed E-state index contributed by atoms with van der Waals surface area (Å²) in [5, 5.41) is 0. The van der Waals surface area contributed by atoms with Crippen LogP contribution in [0.25, 0.3) is 0 Å². The zero-order valence-corrected chi connectivity index (χ0v) is 16.5. The van der Waals surface area contributed by atoms with Crippen molar-refractivity contribution in [2.75, 3.05) is 49.1 Å². The maximum atomic E-state index is 13.0. The van der Waals surface area contributed by atoms with Crippen molar-refractivity contribution in [1.82, 2.24) is 9.80 Å². The molecule has 2 unspecified atom stereocenters. The van der Waals surface area contributed by atoms with Gasteiger partial charge in [0.1, 0.15) is 0 Å². The van der Waals surface area contributed by atoms with Crippen LogP contribution >= 0.6 is 0 Å². The molecule has 0 bridgehead atoms. The molecule has 26 heavy (non-hydrogen) atoms. The van der Waals surface area contributed by atoms with Gasteiger partial charge in [-0.2, -0.15) is 0 Å². The van der Waals surface area contributed by atoms with E-state index in [9.17, 15) is 13.2 Å². The van der Waals surface area contributed by atoms with E-state index in [1.54, 1.807) is 4.90 Å². The summed E-state index contributed by atoms with van der Waals surface area (Å²) >= 11 is 0. The Bertz CT molecular complexity index is 715. The van der Waals surface area contributed by atoms with Gasteiger partial charge < -0.3 is 9.80 Å². The van der Waals surface area contributed by atoms with Crippen molar-refractivity contribution in [1.29, 1.82) is 0 Å². The Kier molecular flexibility index (Phi) is 5.87. The van der Waals surface area contributed by atoms with Crippen molar-refractivity contribution in [3.8, 4) is 0 Å². The molecule has 0 aromatic heterocycles. The van der Waals surface area contributed by atoms with Gasteiger partial charge >= 0.3 is 0 Å². The highest BCUT2D eigenvalue weighted by atomic mass is 32.2. The monoisotopic (exact) mass is 379 g/mol. The maximum Gasteiger partial charge on any atom is 0.239 e. The lowest BCUT2D eigenvalue weighted by Gasteiger charge is -2.40. The number of para-hydroxylation sites is 1. The van der Waals surface area contributed by atoms with Crippen LogP contribution in [0.2, 0.25) is 0 Å². The van der Waals surface area contributed by atoms with Gasteiger partial charge in [-0.25, -0.2) is 8.42 Å². The Morgan fingerprint density at radius 1 is 1.19 bits per heavy atom. The third-order valence-corrected chi connectivity index (χ3v) is 7.36. The number of likely N-dealkylation sites (N-methyl/N-ethyl adjacent to an activating group) is 1. The van der Waals surface area contributed by atoms with E-state index in [0.717, 1.165) is 26.2 Å². The number of amides is 1. The third kappa shape index (κ3) is 4.20. The Labute approximate surface area is 156 Å². The highest BCUT2D eigenvalue weighted by molar-refractivity contribution is 7.91. The van der Waals surface area contributed by atoms with Gasteiger partial charge in [-0.1, -0.05) is 18.2 Å². The van der Waals surface area contributed by atoms with E-state index in [-0.39, 0.29) is 29.5 Å². The van der Waals surface area contributed by atoms with E-state index in [2.05, 4.69) is 21.9 Å². The summed E-state index contributed by atoms with van der Waals surface area (Å²) in [7, 11) is -2.99. The van der Waals surface area contributed by atoms with Crippen LogP contribution < -0.4 is 4.90 Å². The molecule has 3 rings (SSSR count). The van der Waals surface area contributed by atoms with Gasteiger partial charge in [0, 0.05) is 44.5 Å². The number of rotatable bonds is 5. The van der Waals surface area contributed by atoms with Crippen molar-refractivity contribution in [2.45, 2.75) is 32.4 Å². The lowest BCUT2D eigenvalue weighted by molar-refractivity contribution is -0.138. The maximum absolute atomic E-state index is 13.0. The molecule has 7 heteroatoms. The van der Waals surface area contributed by atoms with E-state index in [4.69, 9.17) is 0 Å². The van der Waals surface area contributed by atoms with E-state index < -0.39 is 9.84 Å². The molecule has 0 saturated carbocycles. The fraction of sp³-hybridized carbons (Fsp3) is 0.632. The fourth-order valence-electron chi connectivity index (χ4n) is 4.02. The highest BCUT2D eigenvalue weighted by Gasteiger charge is 2.37. The summed E-state index contributed by atoms with van der Waals surface area (Å²) < 4.78 is 23.5. The Balaban J connectivity index is 1.58. The number of hydrogen-bond donors (Lipinski definition) is 0. The van der Waals surface area contributed by atoms with Crippen molar-refractivity contribution in [3.05, 3.63) is 30.3 Å². The first-order chi connectivity index (χ1) is 12.4. The quantitative estimate of drug-likeness (QED) is 0.770. The van der Waals surface area contributed by atoms with Crippen LogP contribution in [-0.2, 0) is 14.6 Å². The molecule has 144 valence electrons. The van der Waals surface area contributed by atoms with Gasteiger partial charge in [0.2, 0.25) is 5.91 Å². The number of hydrogen-bond acceptors (Lipinski definition) is 5. The van der Waals surface area contributed by atoms with Crippen molar-refractivity contribution >= 4 is 21.4 Å². The number of sulfone groups is 1. The van der Waals surface area contributed by atoms with Gasteiger partial charge in [-0.3, -0.25) is 9.69 Å². The molecular formula is C19H29N3O3S. The summed E-state index contributed by atoms with van der Waals surface area (Å²) in [6.07, 6.45) is 0.566. The van der Waals surface area contributed by atoms with Crippen LogP contribution in [0.5, 0.6) is 0 Å². The molecule has 2 aliphatic heterocycles. The van der Waals surface area contributed by atoms with Crippen LogP contribution in [0, 0.1) is 0 Å². The second-order valence-electron chi connectivity index (χ2n) is 7.22. The molecule has 2 aliphatic rings.